The van der Waals surface area contributed by atoms with Gasteiger partial charge in [-0.25, -0.2) is 0 Å². The van der Waals surface area contributed by atoms with Crippen LogP contribution >= 0.6 is 0 Å². The average molecular weight is 676 g/mol. The van der Waals surface area contributed by atoms with Crippen LogP contribution in [-0.4, -0.2) is 30.2 Å². The number of nitrogens with zero attached hydrogens (tertiary/aromatic N) is 3. The van der Waals surface area contributed by atoms with Gasteiger partial charge in [0, 0.05) is 53.1 Å². The van der Waals surface area contributed by atoms with Crippen molar-refractivity contribution in [1.29, 1.82) is 0 Å². The van der Waals surface area contributed by atoms with E-state index in [0.717, 1.165) is 46.8 Å². The lowest BCUT2D eigenvalue weighted by Crippen LogP contribution is -2.41. The molecular formula is C40H48F3N3O3. The first kappa shape index (κ1) is 36.0. The predicted molar refractivity (Wildman–Crippen MR) is 192 cm³/mol. The van der Waals surface area contributed by atoms with Crippen molar-refractivity contribution in [2.24, 2.45) is 5.92 Å². The van der Waals surface area contributed by atoms with Gasteiger partial charge in [0.05, 0.1) is 22.6 Å². The van der Waals surface area contributed by atoms with Gasteiger partial charge in [-0.3, -0.25) is 10.1 Å². The van der Waals surface area contributed by atoms with E-state index in [2.05, 4.69) is 55.7 Å². The van der Waals surface area contributed by atoms with Crippen LogP contribution < -0.4 is 14.5 Å². The van der Waals surface area contributed by atoms with E-state index in [4.69, 9.17) is 4.74 Å². The minimum Gasteiger partial charge on any atom is -0.491 e. The second-order valence-corrected chi connectivity index (χ2v) is 15.0. The Bertz CT molecular complexity index is 1740. The summed E-state index contributed by atoms with van der Waals surface area (Å²) in [7, 11) is 0. The summed E-state index contributed by atoms with van der Waals surface area (Å²) in [4.78, 5) is 15.9. The Hall–Kier alpha value is -4.27. The molecule has 0 radical (unpaired) electrons. The van der Waals surface area contributed by atoms with Gasteiger partial charge in [-0.2, -0.15) is 13.2 Å². The second-order valence-electron chi connectivity index (χ2n) is 15.0. The molecule has 9 heteroatoms. The van der Waals surface area contributed by atoms with Crippen molar-refractivity contribution in [1.82, 2.24) is 0 Å². The van der Waals surface area contributed by atoms with E-state index in [0.29, 0.717) is 24.6 Å². The first-order valence-electron chi connectivity index (χ1n) is 17.1. The molecule has 1 unspecified atom stereocenters. The lowest BCUT2D eigenvalue weighted by Gasteiger charge is -2.32. The van der Waals surface area contributed by atoms with Crippen molar-refractivity contribution in [3.63, 3.8) is 0 Å². The third-order valence-electron chi connectivity index (χ3n) is 9.90. The summed E-state index contributed by atoms with van der Waals surface area (Å²) < 4.78 is 47.1. The number of halogens is 3. The van der Waals surface area contributed by atoms with Crippen molar-refractivity contribution in [2.45, 2.75) is 97.4 Å². The molecule has 0 saturated carbocycles. The Balaban J connectivity index is 1.50. The number of fused-ring (bicyclic) bond motifs is 2. The summed E-state index contributed by atoms with van der Waals surface area (Å²) in [6, 6.07) is 17.2. The quantitative estimate of drug-likeness (QED) is 0.150. The van der Waals surface area contributed by atoms with Crippen LogP contribution in [0.4, 0.5) is 30.2 Å². The van der Waals surface area contributed by atoms with Gasteiger partial charge >= 0.3 is 6.18 Å². The molecule has 6 nitrogen and oxygen atoms in total. The van der Waals surface area contributed by atoms with Crippen LogP contribution in [0.25, 0.3) is 0 Å². The maximum absolute atomic E-state index is 13.8. The van der Waals surface area contributed by atoms with E-state index < -0.39 is 22.6 Å². The van der Waals surface area contributed by atoms with E-state index in [1.54, 1.807) is 18.2 Å². The molecule has 262 valence electrons. The summed E-state index contributed by atoms with van der Waals surface area (Å²) >= 11 is 0. The Kier molecular flexibility index (Phi) is 9.97. The molecule has 0 N–H and O–H groups in total. The summed E-state index contributed by atoms with van der Waals surface area (Å²) in [5.74, 6) is 1.24. The number of anilines is 2. The lowest BCUT2D eigenvalue weighted by molar-refractivity contribution is -0.384. The second kappa shape index (κ2) is 13.6. The van der Waals surface area contributed by atoms with Crippen LogP contribution in [0, 0.1) is 16.0 Å². The Morgan fingerprint density at radius 1 is 0.918 bits per heavy atom. The highest BCUT2D eigenvalue weighted by Crippen LogP contribution is 2.50. The SMILES string of the molecule is CC(C)CCN1/C(=C/C=C/C2N(CCc3ccc(OC(C)C)cc3)c3ccc([N+](=O)[O-])cc3C2(C)C)C(C)(C)c2cc(C(F)(F)F)ccc21. The minimum atomic E-state index is -4.42. The first-order valence-corrected chi connectivity index (χ1v) is 17.1. The number of hydrogen-bond donors (Lipinski definition) is 0. The monoisotopic (exact) mass is 675 g/mol. The van der Waals surface area contributed by atoms with Gasteiger partial charge in [0.1, 0.15) is 5.75 Å². The molecule has 0 bridgehead atoms. The molecular weight excluding hydrogens is 627 g/mol. The topological polar surface area (TPSA) is 58.8 Å². The number of nitro benzene ring substituents is 1. The molecule has 49 heavy (non-hydrogen) atoms. The van der Waals surface area contributed by atoms with Crippen LogP contribution in [0.1, 0.15) is 84.1 Å². The van der Waals surface area contributed by atoms with Gasteiger partial charge in [-0.05, 0) is 91.8 Å². The number of benzene rings is 3. The fourth-order valence-electron chi connectivity index (χ4n) is 7.20. The summed E-state index contributed by atoms with van der Waals surface area (Å²) in [5.41, 5.74) is 3.75. The van der Waals surface area contributed by atoms with Gasteiger partial charge in [-0.1, -0.05) is 65.8 Å². The highest BCUT2D eigenvalue weighted by molar-refractivity contribution is 5.72. The fraction of sp³-hybridized carbons (Fsp3) is 0.450. The standard InChI is InChI=1S/C40H48F3N3O3/c1-26(2)20-22-44-34-18-14-29(40(41,42)43)24-32(34)38(5,6)36(44)10-9-11-37-39(7,8)33-25-30(46(47)48)15-19-35(33)45(37)23-21-28-12-16-31(17-13-28)49-27(3)4/h9-19,24-27,37H,20-23H2,1-8H3/b11-9+,36-10+. The van der Waals surface area contributed by atoms with E-state index in [-0.39, 0.29) is 22.8 Å². The molecule has 1 atom stereocenters. The molecule has 3 aromatic carbocycles. The van der Waals surface area contributed by atoms with Crippen LogP contribution in [0.3, 0.4) is 0 Å². The van der Waals surface area contributed by atoms with E-state index in [9.17, 15) is 23.3 Å². The maximum Gasteiger partial charge on any atom is 0.416 e. The minimum absolute atomic E-state index is 0.0590. The van der Waals surface area contributed by atoms with Crippen molar-refractivity contribution >= 4 is 17.1 Å². The molecule has 0 aromatic heterocycles. The van der Waals surface area contributed by atoms with Crippen molar-refractivity contribution < 1.29 is 22.8 Å². The van der Waals surface area contributed by atoms with Crippen LogP contribution in [0.2, 0.25) is 0 Å². The summed E-state index contributed by atoms with van der Waals surface area (Å²) in [6.07, 6.45) is 3.51. The van der Waals surface area contributed by atoms with E-state index >= 15 is 0 Å². The number of nitro groups is 1. The molecule has 0 fully saturated rings. The van der Waals surface area contributed by atoms with Gasteiger partial charge in [0.15, 0.2) is 0 Å². The highest BCUT2D eigenvalue weighted by Gasteiger charge is 2.45. The van der Waals surface area contributed by atoms with E-state index in [1.165, 1.54) is 12.1 Å². The van der Waals surface area contributed by atoms with Crippen LogP contribution in [-0.2, 0) is 23.4 Å². The van der Waals surface area contributed by atoms with Gasteiger partial charge < -0.3 is 14.5 Å². The van der Waals surface area contributed by atoms with Crippen molar-refractivity contribution in [2.75, 3.05) is 22.9 Å². The van der Waals surface area contributed by atoms with E-state index in [1.807, 2.05) is 58.0 Å². The molecule has 0 spiro atoms. The smallest absolute Gasteiger partial charge is 0.416 e. The van der Waals surface area contributed by atoms with Gasteiger partial charge in [-0.15, -0.1) is 0 Å². The third-order valence-corrected chi connectivity index (χ3v) is 9.90. The molecule has 2 heterocycles. The molecule has 3 aromatic rings. The van der Waals surface area contributed by atoms with Crippen LogP contribution in [0.5, 0.6) is 5.75 Å². The van der Waals surface area contributed by atoms with Crippen LogP contribution in [0.15, 0.2) is 84.6 Å². The molecule has 0 amide bonds. The molecule has 0 saturated heterocycles. The first-order chi connectivity index (χ1) is 22.9. The normalized spacial score (nSPS) is 19.0. The summed E-state index contributed by atoms with van der Waals surface area (Å²) in [5, 5.41) is 11.7. The summed E-state index contributed by atoms with van der Waals surface area (Å²) in [6.45, 7) is 17.8. The average Bonchev–Trinajstić information content (AvgIpc) is 3.36. The molecule has 0 aliphatic carbocycles. The van der Waals surface area contributed by atoms with Gasteiger partial charge in [0.2, 0.25) is 0 Å². The zero-order valence-electron chi connectivity index (χ0n) is 29.8. The number of alkyl halides is 3. The molecule has 2 aliphatic rings. The number of ether oxygens (including phenoxy) is 1. The Morgan fingerprint density at radius 2 is 1.59 bits per heavy atom. The Morgan fingerprint density at radius 3 is 2.20 bits per heavy atom. The third kappa shape index (κ3) is 7.36. The number of rotatable bonds is 11. The van der Waals surface area contributed by atoms with Gasteiger partial charge in [0.25, 0.3) is 5.69 Å². The lowest BCUT2D eigenvalue weighted by atomic mass is 9.80. The highest BCUT2D eigenvalue weighted by atomic mass is 19.4. The predicted octanol–water partition coefficient (Wildman–Crippen LogP) is 10.4. The Labute approximate surface area is 288 Å². The fourth-order valence-corrected chi connectivity index (χ4v) is 7.20. The van der Waals surface area contributed by atoms with Crippen molar-refractivity contribution in [3.8, 4) is 5.75 Å². The zero-order valence-corrected chi connectivity index (χ0v) is 29.8. The zero-order chi connectivity index (χ0) is 35.9. The largest absolute Gasteiger partial charge is 0.491 e. The maximum atomic E-state index is 13.8. The molecule has 5 rings (SSSR count). The van der Waals surface area contributed by atoms with Crippen molar-refractivity contribution in [3.05, 3.63) is 117 Å². The number of non-ortho nitro benzene ring substituents is 1. The molecule has 2 aliphatic heterocycles. The number of allylic oxidation sites excluding steroid dienone is 3. The number of hydrogen-bond acceptors (Lipinski definition) is 5.